The second kappa shape index (κ2) is 47.5. The highest BCUT2D eigenvalue weighted by atomic mass is 19.1. The second-order valence-corrected chi connectivity index (χ2v) is 27.5. The number of methoxy groups -OCH3 is 2. The number of allylic oxidation sites excluding steroid dienone is 1. The number of terminal acetylenes is 1. The number of amides is 2. The third kappa shape index (κ3) is 28.7. The molecule has 2 N–H and O–H groups in total. The van der Waals surface area contributed by atoms with Crippen LogP contribution in [0, 0.1) is 67.4 Å². The number of rotatable bonds is 20. The van der Waals surface area contributed by atoms with E-state index in [4.69, 9.17) is 20.7 Å². The molecule has 13 nitrogen and oxygen atoms in total. The number of aldehydes is 1. The van der Waals surface area contributed by atoms with E-state index in [1.54, 1.807) is 4.90 Å². The summed E-state index contributed by atoms with van der Waals surface area (Å²) >= 11 is 0. The van der Waals surface area contributed by atoms with Gasteiger partial charge in [0, 0.05) is 67.7 Å². The van der Waals surface area contributed by atoms with Gasteiger partial charge in [-0.05, 0) is 143 Å². The number of aromatic nitrogens is 3. The standard InChI is InChI=1S/C26H22F2N4O2.C16H20N2O2.C13H28.C9H17NO.C7H16.C5H12.C4H10.C2H4O/c1-4-17-20(27)8-7-15-10-16(33)11-18(21(15)17)23-22(28)24-19(12-29-23)25(31-26(30-24)34-3)32-9-5-6-14(2)13-32;1-10-5-7-14(11(2)9-10)18(13(4)19)15-8-6-12(3)17-16(15)20;1-5-8-13(9-6-2)11-10-12(4)7-3;1-11-7-9-5-4-8-3-2-6-10(8)9;1-4-6-7(3)5-2;1-4-5(2)3;1-3-4-2;1-2-3/h1,7-8,10-12,14,33H,5-6,9,13H2,2-3H3;5,7,9,15H,3,6,8H2,1-2,4H3,(H,17,20);12-13H,5-11H2,1-4H3;8-9H,2-7H2,1H3;7H,4-6H2,1-3H3;5H,4H2,1-3H3;3-4H2,1-2H3;2H,1H3. The maximum atomic E-state index is 16.0. The lowest BCUT2D eigenvalue weighted by atomic mass is 9.89. The van der Waals surface area contributed by atoms with E-state index in [0.29, 0.717) is 35.3 Å². The largest absolute Gasteiger partial charge is 0.508 e. The minimum absolute atomic E-state index is 0.0280. The number of halogens is 2. The zero-order chi connectivity index (χ0) is 72.7. The molecule has 2 aromatic heterocycles. The molecule has 0 spiro atoms. The molecule has 2 amide bonds. The summed E-state index contributed by atoms with van der Waals surface area (Å²) in [6, 6.07) is 12.6. The topological polar surface area (TPSA) is 150 Å². The highest BCUT2D eigenvalue weighted by Gasteiger charge is 2.36. The van der Waals surface area contributed by atoms with Crippen LogP contribution < -0.4 is 19.9 Å². The number of nitrogens with zero attached hydrogens (tertiary/aromatic N) is 6. The normalized spacial score (nSPS) is 17.6. The number of aryl methyl sites for hydroxylation is 2. The Balaban J connectivity index is 0.000000432. The molecule has 6 heterocycles. The van der Waals surface area contributed by atoms with E-state index in [-0.39, 0.29) is 51.3 Å². The van der Waals surface area contributed by atoms with Crippen molar-refractivity contribution in [3.8, 4) is 35.4 Å². The third-order valence-electron chi connectivity index (χ3n) is 18.9. The molecule has 97 heavy (non-hydrogen) atoms. The van der Waals surface area contributed by atoms with Gasteiger partial charge in [-0.25, -0.2) is 8.78 Å². The van der Waals surface area contributed by atoms with Crippen LogP contribution >= 0.6 is 0 Å². The summed E-state index contributed by atoms with van der Waals surface area (Å²) in [7, 11) is 3.23. The first kappa shape index (κ1) is 86.6. The van der Waals surface area contributed by atoms with Crippen molar-refractivity contribution in [1.82, 2.24) is 25.2 Å². The van der Waals surface area contributed by atoms with Crippen LogP contribution in [0.1, 0.15) is 255 Å². The van der Waals surface area contributed by atoms with E-state index < -0.39 is 17.7 Å². The van der Waals surface area contributed by atoms with Crippen LogP contribution in [0.2, 0.25) is 0 Å². The molecule has 4 aliphatic rings. The van der Waals surface area contributed by atoms with Crippen molar-refractivity contribution in [3.05, 3.63) is 89.3 Å². The molecule has 3 aromatic carbocycles. The summed E-state index contributed by atoms with van der Waals surface area (Å²) in [6.07, 6.45) is 34.8. The Hall–Kier alpha value is -6.50. The molecule has 9 rings (SSSR count). The van der Waals surface area contributed by atoms with Gasteiger partial charge in [0.15, 0.2) is 5.82 Å². The minimum Gasteiger partial charge on any atom is -0.508 e. The Morgan fingerprint density at radius 2 is 1.46 bits per heavy atom. The highest BCUT2D eigenvalue weighted by Crippen LogP contribution is 2.40. The molecular weight excluding hydrogens is 1220 g/mol. The van der Waals surface area contributed by atoms with Crippen molar-refractivity contribution in [2.24, 2.45) is 29.6 Å². The van der Waals surface area contributed by atoms with Gasteiger partial charge in [0.2, 0.25) is 11.8 Å². The van der Waals surface area contributed by atoms with E-state index >= 15 is 4.39 Å². The quantitative estimate of drug-likeness (QED) is 0.0566. The number of ether oxygens (including phenoxy) is 2. The van der Waals surface area contributed by atoms with Crippen LogP contribution in [-0.4, -0.2) is 102 Å². The lowest BCUT2D eigenvalue weighted by molar-refractivity contribution is -0.126. The molecule has 6 atom stereocenters. The van der Waals surface area contributed by atoms with E-state index in [0.717, 1.165) is 97.1 Å². The molecule has 0 bridgehead atoms. The van der Waals surface area contributed by atoms with Crippen molar-refractivity contribution in [2.45, 2.75) is 271 Å². The maximum absolute atomic E-state index is 16.0. The zero-order valence-corrected chi connectivity index (χ0v) is 63.7. The van der Waals surface area contributed by atoms with Crippen LogP contribution in [-0.2, 0) is 19.1 Å². The predicted molar refractivity (Wildman–Crippen MR) is 405 cm³/mol. The molecule has 5 aromatic rings. The van der Waals surface area contributed by atoms with Gasteiger partial charge < -0.3 is 29.6 Å². The lowest BCUT2D eigenvalue weighted by Crippen LogP contribution is -2.51. The lowest BCUT2D eigenvalue weighted by Gasteiger charge is -2.34. The summed E-state index contributed by atoms with van der Waals surface area (Å²) in [5, 5.41) is 14.2. The predicted octanol–water partition coefficient (Wildman–Crippen LogP) is 20.7. The third-order valence-corrected chi connectivity index (χ3v) is 18.9. The number of hydrogen-bond donors (Lipinski definition) is 2. The summed E-state index contributed by atoms with van der Waals surface area (Å²) in [5.41, 5.74) is 3.72. The van der Waals surface area contributed by atoms with Crippen molar-refractivity contribution < 1.29 is 37.7 Å². The molecule has 6 unspecified atom stereocenters. The van der Waals surface area contributed by atoms with Crippen molar-refractivity contribution in [3.63, 3.8) is 0 Å². The second-order valence-electron chi connectivity index (χ2n) is 27.5. The Morgan fingerprint density at radius 3 is 1.99 bits per heavy atom. The summed E-state index contributed by atoms with van der Waals surface area (Å²) < 4.78 is 41.0. The fraction of sp³-hybridized carbons (Fsp3) is 0.634. The number of aromatic hydroxyl groups is 1. The van der Waals surface area contributed by atoms with E-state index in [1.165, 1.54) is 167 Å². The number of phenols is 1. The Kier molecular flexibility index (Phi) is 42.4. The maximum Gasteiger partial charge on any atom is 0.318 e. The molecule has 15 heteroatoms. The number of nitrogens with one attached hydrogen (secondary N) is 1. The Morgan fingerprint density at radius 1 is 0.835 bits per heavy atom. The van der Waals surface area contributed by atoms with Crippen molar-refractivity contribution in [2.75, 3.05) is 50.3 Å². The number of unbranched alkanes of at least 4 members (excludes halogenated alkanes) is 1. The van der Waals surface area contributed by atoms with Gasteiger partial charge in [0.25, 0.3) is 0 Å². The number of pyridine rings is 1. The number of benzene rings is 3. The summed E-state index contributed by atoms with van der Waals surface area (Å²) in [6.45, 7) is 43.8. The van der Waals surface area contributed by atoms with Gasteiger partial charge in [-0.3, -0.25) is 24.4 Å². The summed E-state index contributed by atoms with van der Waals surface area (Å²) in [4.78, 5) is 52.4. The van der Waals surface area contributed by atoms with Gasteiger partial charge >= 0.3 is 6.01 Å². The van der Waals surface area contributed by atoms with E-state index in [9.17, 15) is 19.1 Å². The van der Waals surface area contributed by atoms with Crippen LogP contribution in [0.5, 0.6) is 11.8 Å². The first-order chi connectivity index (χ1) is 46.4. The molecule has 542 valence electrons. The number of phenolic OH excluding ortho intramolecular Hbond substituents is 1. The molecule has 0 aliphatic carbocycles. The Bertz CT molecular complexity index is 3160. The minimum atomic E-state index is -0.733. The Labute approximate surface area is 586 Å². The summed E-state index contributed by atoms with van der Waals surface area (Å²) in [5.74, 6) is 5.41. The molecule has 4 aliphatic heterocycles. The number of hydrogen-bond acceptors (Lipinski definition) is 11. The van der Waals surface area contributed by atoms with Gasteiger partial charge in [-0.15, -0.1) is 6.42 Å². The molecule has 0 saturated carbocycles. The first-order valence-electron chi connectivity index (χ1n) is 36.9. The molecule has 4 saturated heterocycles. The van der Waals surface area contributed by atoms with Crippen LogP contribution in [0.25, 0.3) is 32.9 Å². The number of carbonyl (C=O) groups is 3. The van der Waals surface area contributed by atoms with E-state index in [2.05, 4.69) is 133 Å². The van der Waals surface area contributed by atoms with Crippen LogP contribution in [0.15, 0.2) is 60.9 Å². The van der Waals surface area contributed by atoms with Crippen molar-refractivity contribution >= 4 is 51.3 Å². The molecule has 4 fully saturated rings. The van der Waals surface area contributed by atoms with Crippen molar-refractivity contribution in [1.29, 1.82) is 0 Å². The number of anilines is 2. The number of fused-ring (bicyclic) bond motifs is 3. The molecule has 0 radical (unpaired) electrons. The highest BCUT2D eigenvalue weighted by molar-refractivity contribution is 6.03. The fourth-order valence-electron chi connectivity index (χ4n) is 12.6. The molecular formula is C82H129F2N7O6. The average Bonchev–Trinajstić information content (AvgIpc) is 1.33. The number of carbonyl (C=O) groups excluding carboxylic acids is 3. The number of piperidine rings is 2. The van der Waals surface area contributed by atoms with Crippen LogP contribution in [0.3, 0.4) is 0 Å². The van der Waals surface area contributed by atoms with Gasteiger partial charge in [0.1, 0.15) is 40.9 Å². The monoisotopic (exact) mass is 1350 g/mol. The van der Waals surface area contributed by atoms with Crippen LogP contribution in [0.4, 0.5) is 20.3 Å². The first-order valence-corrected chi connectivity index (χ1v) is 36.9. The average molecular weight is 1350 g/mol. The van der Waals surface area contributed by atoms with E-state index in [1.807, 2.05) is 39.2 Å². The van der Waals surface area contributed by atoms with Gasteiger partial charge in [-0.1, -0.05) is 210 Å². The smallest absolute Gasteiger partial charge is 0.318 e. The van der Waals surface area contributed by atoms with Gasteiger partial charge in [-0.2, -0.15) is 9.97 Å². The fourth-order valence-corrected chi connectivity index (χ4v) is 12.6. The SMILES string of the molecule is C#Cc1c(F)ccc2cc(O)cc(-c3ncc4c(N5CCCC(C)C5)nc(OC)nc4c3F)c12.C=C1CCC(N(C(C)=O)c2ccc(C)cc2C)C(=O)N1.CC=O.CCC(C)C.CCCC.CCCC(C)CC.CCCC(CCC)CCC(C)CC.COCC1CCC2CCCN21. The zero-order valence-electron chi connectivity index (χ0n) is 63.7. The van der Waals surface area contributed by atoms with Gasteiger partial charge in [0.05, 0.1) is 24.7 Å².